The van der Waals surface area contributed by atoms with E-state index in [4.69, 9.17) is 4.74 Å². The van der Waals surface area contributed by atoms with Crippen molar-refractivity contribution >= 4 is 29.1 Å². The van der Waals surface area contributed by atoms with Crippen molar-refractivity contribution in [2.45, 2.75) is 25.6 Å². The second-order valence-corrected chi connectivity index (χ2v) is 7.62. The van der Waals surface area contributed by atoms with Crippen molar-refractivity contribution in [1.29, 1.82) is 0 Å². The second-order valence-electron chi connectivity index (χ2n) is 7.62. The summed E-state index contributed by atoms with van der Waals surface area (Å²) in [6.07, 6.45) is -0.225. The first-order valence-electron chi connectivity index (χ1n) is 10.1. The molecule has 1 fully saturated rings. The monoisotopic (exact) mass is 446 g/mol. The lowest BCUT2D eigenvalue weighted by Gasteiger charge is -2.33. The van der Waals surface area contributed by atoms with Crippen LogP contribution in [0.15, 0.2) is 60.7 Å². The molecule has 0 saturated carbocycles. The number of benzene rings is 3. The van der Waals surface area contributed by atoms with Crippen LogP contribution in [0.25, 0.3) is 10.8 Å². The van der Waals surface area contributed by atoms with Gasteiger partial charge >= 0.3 is 0 Å². The van der Waals surface area contributed by atoms with Gasteiger partial charge in [0.2, 0.25) is 5.91 Å². The van der Waals surface area contributed by atoms with Crippen LogP contribution in [0.4, 0.5) is 8.78 Å². The average molecular weight is 447 g/mol. The van der Waals surface area contributed by atoms with Crippen LogP contribution >= 0.6 is 12.4 Å². The zero-order chi connectivity index (χ0) is 21.1. The van der Waals surface area contributed by atoms with Crippen molar-refractivity contribution in [3.63, 3.8) is 0 Å². The van der Waals surface area contributed by atoms with Gasteiger partial charge in [-0.05, 0) is 29.3 Å². The Labute approximate surface area is 186 Å². The van der Waals surface area contributed by atoms with Gasteiger partial charge in [-0.3, -0.25) is 4.79 Å². The molecule has 1 saturated heterocycles. The number of hydrogen-bond donors (Lipinski definition) is 1. The molecular formula is C24H25ClF2N2O2. The summed E-state index contributed by atoms with van der Waals surface area (Å²) in [5, 5.41) is 5.87. The van der Waals surface area contributed by atoms with Gasteiger partial charge in [0.25, 0.3) is 0 Å². The van der Waals surface area contributed by atoms with Crippen LogP contribution in [-0.4, -0.2) is 36.6 Å². The Morgan fingerprint density at radius 2 is 1.84 bits per heavy atom. The van der Waals surface area contributed by atoms with Crippen LogP contribution in [0.2, 0.25) is 0 Å². The summed E-state index contributed by atoms with van der Waals surface area (Å²) in [5.74, 6) is -2.04. The molecule has 0 bridgehead atoms. The van der Waals surface area contributed by atoms with E-state index in [2.05, 4.69) is 36.5 Å². The summed E-state index contributed by atoms with van der Waals surface area (Å²) in [5.41, 5.74) is 1.36. The van der Waals surface area contributed by atoms with Crippen LogP contribution in [-0.2, 0) is 16.1 Å². The molecule has 0 radical (unpaired) electrons. The molecule has 4 nitrogen and oxygen atoms in total. The molecule has 3 aromatic rings. The second kappa shape index (κ2) is 10.2. The van der Waals surface area contributed by atoms with E-state index in [1.165, 1.54) is 33.4 Å². The van der Waals surface area contributed by atoms with E-state index >= 15 is 0 Å². The number of carbonyl (C=O) groups excluding carboxylic acids is 1. The van der Waals surface area contributed by atoms with Crippen molar-refractivity contribution in [3.8, 4) is 0 Å². The van der Waals surface area contributed by atoms with Crippen LogP contribution in [0.5, 0.6) is 0 Å². The molecule has 1 amide bonds. The summed E-state index contributed by atoms with van der Waals surface area (Å²) in [6.45, 7) is 2.92. The largest absolute Gasteiger partial charge is 0.365 e. The number of fused-ring (bicyclic) bond motifs is 1. The zero-order valence-corrected chi connectivity index (χ0v) is 18.0. The first kappa shape index (κ1) is 23.1. The molecule has 7 heteroatoms. The molecule has 4 rings (SSSR count). The van der Waals surface area contributed by atoms with Crippen LogP contribution in [0.1, 0.15) is 24.1 Å². The van der Waals surface area contributed by atoms with E-state index in [0.29, 0.717) is 13.1 Å². The Kier molecular flexibility index (Phi) is 7.59. The van der Waals surface area contributed by atoms with E-state index < -0.39 is 11.6 Å². The standard InChI is InChI=1S/C24H24F2N2O2.ClH/c1-16(20-10-4-7-17-6-2-3-9-21(17)20)27-12-19-14-28(23(29)15-30-19)13-18-8-5-11-22(25)24(18)26;/h2-11,16,19,27H,12-15H2,1H3;1H/t16-,19?;/m1./s1. The zero-order valence-electron chi connectivity index (χ0n) is 17.2. The highest BCUT2D eigenvalue weighted by Crippen LogP contribution is 2.24. The lowest BCUT2D eigenvalue weighted by atomic mass is 9.99. The van der Waals surface area contributed by atoms with Gasteiger partial charge in [-0.15, -0.1) is 12.4 Å². The maximum Gasteiger partial charge on any atom is 0.248 e. The molecule has 1 aliphatic heterocycles. The van der Waals surface area contributed by atoms with Crippen molar-refractivity contribution in [2.75, 3.05) is 19.7 Å². The van der Waals surface area contributed by atoms with E-state index in [1.54, 1.807) is 0 Å². The Hall–Kier alpha value is -2.54. The van der Waals surface area contributed by atoms with Gasteiger partial charge in [0.1, 0.15) is 6.61 Å². The Bertz CT molecular complexity index is 1060. The summed E-state index contributed by atoms with van der Waals surface area (Å²) < 4.78 is 33.1. The van der Waals surface area contributed by atoms with Crippen LogP contribution < -0.4 is 5.32 Å². The lowest BCUT2D eigenvalue weighted by molar-refractivity contribution is -0.149. The fourth-order valence-corrected chi connectivity index (χ4v) is 3.88. The van der Waals surface area contributed by atoms with E-state index in [9.17, 15) is 13.6 Å². The number of hydrogen-bond acceptors (Lipinski definition) is 3. The first-order chi connectivity index (χ1) is 14.5. The van der Waals surface area contributed by atoms with Gasteiger partial charge < -0.3 is 15.0 Å². The molecule has 2 atom stereocenters. The van der Waals surface area contributed by atoms with Gasteiger partial charge in [0.05, 0.1) is 6.10 Å². The quantitative estimate of drug-likeness (QED) is 0.600. The van der Waals surface area contributed by atoms with Crippen molar-refractivity contribution in [1.82, 2.24) is 10.2 Å². The van der Waals surface area contributed by atoms with Crippen LogP contribution in [0.3, 0.4) is 0 Å². The Morgan fingerprint density at radius 3 is 2.68 bits per heavy atom. The number of morpholine rings is 1. The highest BCUT2D eigenvalue weighted by molar-refractivity contribution is 5.86. The highest BCUT2D eigenvalue weighted by atomic mass is 35.5. The maximum absolute atomic E-state index is 14.0. The highest BCUT2D eigenvalue weighted by Gasteiger charge is 2.27. The molecule has 164 valence electrons. The summed E-state index contributed by atoms with van der Waals surface area (Å²) in [7, 11) is 0. The minimum Gasteiger partial charge on any atom is -0.365 e. The molecule has 0 spiro atoms. The molecule has 3 aromatic carbocycles. The third kappa shape index (κ3) is 5.21. The fourth-order valence-electron chi connectivity index (χ4n) is 3.88. The fraction of sp³-hybridized carbons (Fsp3) is 0.292. The maximum atomic E-state index is 14.0. The number of rotatable bonds is 6. The van der Waals surface area contributed by atoms with Gasteiger partial charge in [0, 0.05) is 31.2 Å². The van der Waals surface area contributed by atoms with Crippen LogP contribution in [0, 0.1) is 11.6 Å². The van der Waals surface area contributed by atoms with Crippen molar-refractivity contribution in [2.24, 2.45) is 0 Å². The molecule has 1 unspecified atom stereocenters. The summed E-state index contributed by atoms with van der Waals surface area (Å²) in [6, 6.07) is 18.6. The topological polar surface area (TPSA) is 41.6 Å². The van der Waals surface area contributed by atoms with Gasteiger partial charge in [-0.2, -0.15) is 0 Å². The van der Waals surface area contributed by atoms with E-state index in [-0.39, 0.29) is 49.2 Å². The molecule has 0 aliphatic carbocycles. The molecule has 1 heterocycles. The number of halogens is 3. The minimum atomic E-state index is -0.907. The van der Waals surface area contributed by atoms with E-state index in [0.717, 1.165) is 6.07 Å². The van der Waals surface area contributed by atoms with E-state index in [1.807, 2.05) is 18.2 Å². The van der Waals surface area contributed by atoms with Crippen molar-refractivity contribution in [3.05, 3.63) is 83.4 Å². The third-order valence-corrected chi connectivity index (χ3v) is 5.55. The Morgan fingerprint density at radius 1 is 1.10 bits per heavy atom. The number of nitrogens with one attached hydrogen (secondary N) is 1. The normalized spacial score (nSPS) is 17.5. The molecule has 31 heavy (non-hydrogen) atoms. The number of carbonyl (C=O) groups is 1. The molecule has 0 aromatic heterocycles. The lowest BCUT2D eigenvalue weighted by Crippen LogP contribution is -2.49. The van der Waals surface area contributed by atoms with Gasteiger partial charge in [-0.25, -0.2) is 8.78 Å². The third-order valence-electron chi connectivity index (χ3n) is 5.55. The summed E-state index contributed by atoms with van der Waals surface area (Å²) >= 11 is 0. The summed E-state index contributed by atoms with van der Waals surface area (Å²) in [4.78, 5) is 13.7. The number of amides is 1. The average Bonchev–Trinajstić information content (AvgIpc) is 2.76. The Balaban J connectivity index is 0.00000272. The van der Waals surface area contributed by atoms with Gasteiger partial charge in [0.15, 0.2) is 11.6 Å². The smallest absolute Gasteiger partial charge is 0.248 e. The number of ether oxygens (including phenoxy) is 1. The SMILES string of the molecule is C[C@@H](NCC1CN(Cc2cccc(F)c2F)C(=O)CO1)c1cccc2ccccc12.Cl. The van der Waals surface area contributed by atoms with Crippen molar-refractivity contribution < 1.29 is 18.3 Å². The minimum absolute atomic E-state index is 0. The van der Waals surface area contributed by atoms with Gasteiger partial charge in [-0.1, -0.05) is 54.6 Å². The molecule has 1 N–H and O–H groups in total. The first-order valence-corrected chi connectivity index (χ1v) is 10.1. The molecule has 1 aliphatic rings. The predicted octanol–water partition coefficient (Wildman–Crippen LogP) is 4.62. The predicted molar refractivity (Wildman–Crippen MR) is 119 cm³/mol. The molecular weight excluding hydrogens is 422 g/mol. The number of nitrogens with zero attached hydrogens (tertiary/aromatic N) is 1.